The number of aliphatic hydroxyl groups is 1. The van der Waals surface area contributed by atoms with Crippen molar-refractivity contribution in [1.29, 1.82) is 0 Å². The molecule has 0 radical (unpaired) electrons. The van der Waals surface area contributed by atoms with E-state index in [4.69, 9.17) is 11.6 Å². The first-order valence-corrected chi connectivity index (χ1v) is 6.76. The summed E-state index contributed by atoms with van der Waals surface area (Å²) in [4.78, 5) is 8.63. The second kappa shape index (κ2) is 6.90. The van der Waals surface area contributed by atoms with E-state index in [1.54, 1.807) is 0 Å². The van der Waals surface area contributed by atoms with Crippen LogP contribution in [0.5, 0.6) is 0 Å². The van der Waals surface area contributed by atoms with Crippen LogP contribution in [0.2, 0.25) is 5.15 Å². The predicted molar refractivity (Wildman–Crippen MR) is 75.1 cm³/mol. The molecular formula is C13H22ClN3O. The molecule has 0 saturated heterocycles. The van der Waals surface area contributed by atoms with Crippen LogP contribution in [0.25, 0.3) is 0 Å². The van der Waals surface area contributed by atoms with Crippen LogP contribution in [-0.2, 0) is 6.42 Å². The molecular weight excluding hydrogens is 250 g/mol. The van der Waals surface area contributed by atoms with Crippen molar-refractivity contribution in [3.63, 3.8) is 0 Å². The number of nitrogens with one attached hydrogen (secondary N) is 1. The van der Waals surface area contributed by atoms with Gasteiger partial charge in [-0.2, -0.15) is 0 Å². The molecule has 5 heteroatoms. The molecule has 0 fully saturated rings. The van der Waals surface area contributed by atoms with Gasteiger partial charge in [-0.15, -0.1) is 0 Å². The first kappa shape index (κ1) is 15.2. The van der Waals surface area contributed by atoms with Gasteiger partial charge < -0.3 is 10.4 Å². The molecule has 0 aliphatic rings. The molecule has 4 nitrogen and oxygen atoms in total. The van der Waals surface area contributed by atoms with Crippen molar-refractivity contribution in [3.05, 3.63) is 16.5 Å². The number of halogens is 1. The van der Waals surface area contributed by atoms with Gasteiger partial charge in [0.05, 0.1) is 12.6 Å². The van der Waals surface area contributed by atoms with Crippen molar-refractivity contribution in [1.82, 2.24) is 9.97 Å². The zero-order valence-electron chi connectivity index (χ0n) is 11.5. The summed E-state index contributed by atoms with van der Waals surface area (Å²) in [5, 5.41) is 13.1. The van der Waals surface area contributed by atoms with Crippen molar-refractivity contribution in [2.24, 2.45) is 5.92 Å². The van der Waals surface area contributed by atoms with E-state index in [2.05, 4.69) is 29.1 Å². The van der Waals surface area contributed by atoms with Gasteiger partial charge in [-0.05, 0) is 19.3 Å². The zero-order valence-corrected chi connectivity index (χ0v) is 12.3. The number of rotatable bonds is 6. The summed E-state index contributed by atoms with van der Waals surface area (Å²) in [7, 11) is 0. The summed E-state index contributed by atoms with van der Waals surface area (Å²) in [6.07, 6.45) is 1.63. The number of aromatic nitrogens is 2. The normalized spacial score (nSPS) is 12.8. The summed E-state index contributed by atoms with van der Waals surface area (Å²) < 4.78 is 0. The number of anilines is 1. The minimum Gasteiger partial charge on any atom is -0.394 e. The van der Waals surface area contributed by atoms with Crippen molar-refractivity contribution < 1.29 is 5.11 Å². The highest BCUT2D eigenvalue weighted by Gasteiger charge is 2.14. The van der Waals surface area contributed by atoms with Gasteiger partial charge in [-0.25, -0.2) is 9.97 Å². The fourth-order valence-corrected chi connectivity index (χ4v) is 1.96. The monoisotopic (exact) mass is 271 g/mol. The molecule has 1 rings (SSSR count). The van der Waals surface area contributed by atoms with Crippen LogP contribution in [0, 0.1) is 12.8 Å². The predicted octanol–water partition coefficient (Wildman–Crippen LogP) is 2.82. The average molecular weight is 272 g/mol. The number of hydrogen-bond donors (Lipinski definition) is 2. The fourth-order valence-electron chi connectivity index (χ4n) is 1.77. The van der Waals surface area contributed by atoms with E-state index in [0.29, 0.717) is 16.9 Å². The molecule has 1 atom stereocenters. The van der Waals surface area contributed by atoms with Crippen LogP contribution < -0.4 is 5.32 Å². The number of nitrogens with zero attached hydrogens (tertiary/aromatic N) is 2. The molecule has 18 heavy (non-hydrogen) atoms. The highest BCUT2D eigenvalue weighted by Crippen LogP contribution is 2.21. The van der Waals surface area contributed by atoms with Gasteiger partial charge in [-0.3, -0.25) is 0 Å². The van der Waals surface area contributed by atoms with E-state index in [1.807, 2.05) is 13.8 Å². The molecule has 0 amide bonds. The largest absolute Gasteiger partial charge is 0.394 e. The molecule has 102 valence electrons. The van der Waals surface area contributed by atoms with Gasteiger partial charge in [-0.1, -0.05) is 32.4 Å². The van der Waals surface area contributed by atoms with Crippen LogP contribution in [0.15, 0.2) is 0 Å². The molecule has 0 saturated carbocycles. The Morgan fingerprint density at radius 1 is 1.33 bits per heavy atom. The molecule has 1 aromatic rings. The lowest BCUT2D eigenvalue weighted by molar-refractivity contribution is 0.259. The van der Waals surface area contributed by atoms with Gasteiger partial charge in [0.1, 0.15) is 16.8 Å². The second-order valence-electron chi connectivity index (χ2n) is 4.91. The summed E-state index contributed by atoms with van der Waals surface area (Å²) in [6.45, 7) is 8.21. The molecule has 1 aromatic heterocycles. The highest BCUT2D eigenvalue weighted by atomic mass is 35.5. The van der Waals surface area contributed by atoms with Gasteiger partial charge >= 0.3 is 0 Å². The maximum absolute atomic E-state index is 9.38. The third kappa shape index (κ3) is 4.10. The maximum Gasteiger partial charge on any atom is 0.137 e. The van der Waals surface area contributed by atoms with Gasteiger partial charge in [0.25, 0.3) is 0 Å². The first-order chi connectivity index (χ1) is 8.47. The van der Waals surface area contributed by atoms with E-state index < -0.39 is 0 Å². The Morgan fingerprint density at radius 3 is 2.50 bits per heavy atom. The standard InChI is InChI=1S/C13H22ClN3O/c1-5-11-16-12(14)9(4)13(17-11)15-10(7-18)6-8(2)3/h8,10,18H,5-7H2,1-4H3,(H,15,16,17). The van der Waals surface area contributed by atoms with Gasteiger partial charge in [0.15, 0.2) is 0 Å². The number of aliphatic hydroxyl groups excluding tert-OH is 1. The summed E-state index contributed by atoms with van der Waals surface area (Å²) in [5.41, 5.74) is 0.830. The van der Waals surface area contributed by atoms with Crippen molar-refractivity contribution >= 4 is 17.4 Å². The minimum atomic E-state index is -0.000581. The van der Waals surface area contributed by atoms with E-state index in [9.17, 15) is 5.11 Å². The molecule has 0 aliphatic carbocycles. The summed E-state index contributed by atoms with van der Waals surface area (Å²) in [6, 6.07) is -0.000581. The van der Waals surface area contributed by atoms with E-state index >= 15 is 0 Å². The van der Waals surface area contributed by atoms with E-state index in [0.717, 1.165) is 24.2 Å². The number of hydrogen-bond acceptors (Lipinski definition) is 4. The van der Waals surface area contributed by atoms with Crippen LogP contribution >= 0.6 is 11.6 Å². The fraction of sp³-hybridized carbons (Fsp3) is 0.692. The third-order valence-corrected chi connectivity index (χ3v) is 3.13. The quantitative estimate of drug-likeness (QED) is 0.781. The minimum absolute atomic E-state index is 0.000581. The molecule has 1 heterocycles. The van der Waals surface area contributed by atoms with Crippen molar-refractivity contribution in [3.8, 4) is 0 Å². The first-order valence-electron chi connectivity index (χ1n) is 6.38. The Hall–Kier alpha value is -0.870. The topological polar surface area (TPSA) is 58.0 Å². The summed E-state index contributed by atoms with van der Waals surface area (Å²) in [5.74, 6) is 1.96. The lowest BCUT2D eigenvalue weighted by Crippen LogP contribution is -2.27. The lowest BCUT2D eigenvalue weighted by atomic mass is 10.0. The molecule has 2 N–H and O–H groups in total. The Morgan fingerprint density at radius 2 is 2.00 bits per heavy atom. The summed E-state index contributed by atoms with van der Waals surface area (Å²) >= 11 is 6.08. The van der Waals surface area contributed by atoms with E-state index in [1.165, 1.54) is 0 Å². The zero-order chi connectivity index (χ0) is 13.7. The molecule has 0 bridgehead atoms. The highest BCUT2D eigenvalue weighted by molar-refractivity contribution is 6.30. The second-order valence-corrected chi connectivity index (χ2v) is 5.27. The maximum atomic E-state index is 9.38. The molecule has 0 spiro atoms. The van der Waals surface area contributed by atoms with Crippen LogP contribution in [0.3, 0.4) is 0 Å². The smallest absolute Gasteiger partial charge is 0.137 e. The Balaban J connectivity index is 2.91. The van der Waals surface area contributed by atoms with Crippen molar-refractivity contribution in [2.75, 3.05) is 11.9 Å². The SMILES string of the molecule is CCc1nc(Cl)c(C)c(NC(CO)CC(C)C)n1. The van der Waals surface area contributed by atoms with Crippen molar-refractivity contribution in [2.45, 2.75) is 46.6 Å². The van der Waals surface area contributed by atoms with Crippen LogP contribution in [-0.4, -0.2) is 27.7 Å². The van der Waals surface area contributed by atoms with E-state index in [-0.39, 0.29) is 12.6 Å². The molecule has 0 aliphatic heterocycles. The molecule has 1 unspecified atom stereocenters. The average Bonchev–Trinajstić information content (AvgIpc) is 2.32. The Kier molecular flexibility index (Phi) is 5.82. The number of aryl methyl sites for hydroxylation is 1. The van der Waals surface area contributed by atoms with Crippen LogP contribution in [0.4, 0.5) is 5.82 Å². The Bertz CT molecular complexity index is 396. The van der Waals surface area contributed by atoms with Crippen LogP contribution in [0.1, 0.15) is 38.6 Å². The lowest BCUT2D eigenvalue weighted by Gasteiger charge is -2.20. The van der Waals surface area contributed by atoms with Gasteiger partial charge in [0, 0.05) is 12.0 Å². The third-order valence-electron chi connectivity index (χ3n) is 2.77. The Labute approximate surface area is 114 Å². The van der Waals surface area contributed by atoms with Gasteiger partial charge in [0.2, 0.25) is 0 Å². The molecule has 0 aromatic carbocycles.